The lowest BCUT2D eigenvalue weighted by Gasteiger charge is -2.10. The van der Waals surface area contributed by atoms with Crippen molar-refractivity contribution in [2.24, 2.45) is 11.7 Å². The average molecular weight is 224 g/mol. The zero-order valence-corrected chi connectivity index (χ0v) is 9.93. The minimum Gasteiger partial charge on any atom is -0.328 e. The zero-order chi connectivity index (χ0) is 10.8. The molecule has 1 fully saturated rings. The Bertz CT molecular complexity index is 348. The Morgan fingerprint density at radius 2 is 2.20 bits per heavy atom. The second-order valence-electron chi connectivity index (χ2n) is 4.73. The fraction of sp³-hybridized carbons (Fsp3) is 0.538. The van der Waals surface area contributed by atoms with E-state index in [0.717, 1.165) is 17.4 Å². The van der Waals surface area contributed by atoms with Gasteiger partial charge in [-0.25, -0.2) is 0 Å². The second-order valence-corrected chi connectivity index (χ2v) is 5.13. The number of aryl methyl sites for hydroxylation is 1. The highest BCUT2D eigenvalue weighted by Gasteiger charge is 2.21. The van der Waals surface area contributed by atoms with Gasteiger partial charge >= 0.3 is 0 Å². The van der Waals surface area contributed by atoms with E-state index in [1.54, 1.807) is 0 Å². The van der Waals surface area contributed by atoms with Crippen molar-refractivity contribution >= 4 is 11.6 Å². The van der Waals surface area contributed by atoms with Crippen molar-refractivity contribution in [1.29, 1.82) is 0 Å². The summed E-state index contributed by atoms with van der Waals surface area (Å²) in [5.41, 5.74) is 8.49. The van der Waals surface area contributed by atoms with E-state index in [2.05, 4.69) is 19.1 Å². The Balaban J connectivity index is 2.02. The van der Waals surface area contributed by atoms with E-state index in [0.29, 0.717) is 6.04 Å². The molecule has 0 spiro atoms. The van der Waals surface area contributed by atoms with Gasteiger partial charge in [-0.2, -0.15) is 0 Å². The molecule has 15 heavy (non-hydrogen) atoms. The molecular formula is C13H18ClN. The number of nitrogens with two attached hydrogens (primary N) is 1. The minimum absolute atomic E-state index is 0.434. The van der Waals surface area contributed by atoms with Crippen LogP contribution in [-0.4, -0.2) is 6.04 Å². The summed E-state index contributed by atoms with van der Waals surface area (Å²) in [5.74, 6) is 0.778. The van der Waals surface area contributed by atoms with Crippen LogP contribution in [0, 0.1) is 12.8 Å². The molecule has 0 saturated heterocycles. The standard InChI is InChI=1S/C13H18ClN/c1-9-6-10(3-5-13(9)14)7-11-2-4-12(15)8-11/h3,5-6,11-12H,2,4,7-8,15H2,1H3. The SMILES string of the molecule is Cc1cc(CC2CCC(N)C2)ccc1Cl. The molecule has 0 heterocycles. The largest absolute Gasteiger partial charge is 0.328 e. The number of rotatable bonds is 2. The summed E-state index contributed by atoms with van der Waals surface area (Å²) in [6.45, 7) is 2.06. The minimum atomic E-state index is 0.434. The number of halogens is 1. The van der Waals surface area contributed by atoms with Crippen molar-refractivity contribution in [3.05, 3.63) is 34.3 Å². The summed E-state index contributed by atoms with van der Waals surface area (Å²) in [5, 5.41) is 0.863. The average Bonchev–Trinajstić information content (AvgIpc) is 2.58. The van der Waals surface area contributed by atoms with Crippen LogP contribution < -0.4 is 5.73 Å². The van der Waals surface area contributed by atoms with Gasteiger partial charge in [0.25, 0.3) is 0 Å². The Morgan fingerprint density at radius 1 is 1.40 bits per heavy atom. The van der Waals surface area contributed by atoms with Crippen LogP contribution in [-0.2, 0) is 6.42 Å². The molecular weight excluding hydrogens is 206 g/mol. The van der Waals surface area contributed by atoms with Gasteiger partial charge in [0.1, 0.15) is 0 Å². The molecule has 1 saturated carbocycles. The summed E-state index contributed by atoms with van der Waals surface area (Å²) in [4.78, 5) is 0. The topological polar surface area (TPSA) is 26.0 Å². The summed E-state index contributed by atoms with van der Waals surface area (Å²) in [7, 11) is 0. The lowest BCUT2D eigenvalue weighted by atomic mass is 9.97. The molecule has 2 atom stereocenters. The van der Waals surface area contributed by atoms with Crippen LogP contribution in [0.4, 0.5) is 0 Å². The fourth-order valence-electron chi connectivity index (χ4n) is 2.47. The highest BCUT2D eigenvalue weighted by Crippen LogP contribution is 2.28. The zero-order valence-electron chi connectivity index (χ0n) is 9.17. The van der Waals surface area contributed by atoms with E-state index >= 15 is 0 Å². The van der Waals surface area contributed by atoms with Crippen LogP contribution in [0.5, 0.6) is 0 Å². The molecule has 0 bridgehead atoms. The van der Waals surface area contributed by atoms with Gasteiger partial charge in [0, 0.05) is 11.1 Å². The number of hydrogen-bond donors (Lipinski definition) is 1. The lowest BCUT2D eigenvalue weighted by molar-refractivity contribution is 0.535. The van der Waals surface area contributed by atoms with Crippen LogP contribution in [0.15, 0.2) is 18.2 Å². The molecule has 2 unspecified atom stereocenters. The Labute approximate surface area is 96.6 Å². The third kappa shape index (κ3) is 2.73. The summed E-state index contributed by atoms with van der Waals surface area (Å²) in [6, 6.07) is 6.77. The first-order valence-corrected chi connectivity index (χ1v) is 6.03. The molecule has 1 nitrogen and oxygen atoms in total. The van der Waals surface area contributed by atoms with Crippen LogP contribution in [0.1, 0.15) is 30.4 Å². The van der Waals surface area contributed by atoms with Crippen LogP contribution in [0.3, 0.4) is 0 Å². The smallest absolute Gasteiger partial charge is 0.0435 e. The maximum atomic E-state index is 6.00. The molecule has 1 aromatic rings. The number of benzene rings is 1. The molecule has 0 radical (unpaired) electrons. The van der Waals surface area contributed by atoms with Crippen LogP contribution >= 0.6 is 11.6 Å². The van der Waals surface area contributed by atoms with Crippen molar-refractivity contribution < 1.29 is 0 Å². The normalized spacial score (nSPS) is 25.8. The Hall–Kier alpha value is -0.530. The highest BCUT2D eigenvalue weighted by molar-refractivity contribution is 6.31. The molecule has 0 aliphatic heterocycles. The van der Waals surface area contributed by atoms with Crippen LogP contribution in [0.25, 0.3) is 0 Å². The van der Waals surface area contributed by atoms with Crippen molar-refractivity contribution in [3.63, 3.8) is 0 Å². The van der Waals surface area contributed by atoms with Crippen molar-refractivity contribution in [3.8, 4) is 0 Å². The van der Waals surface area contributed by atoms with Gasteiger partial charge in [-0.3, -0.25) is 0 Å². The molecule has 1 aromatic carbocycles. The van der Waals surface area contributed by atoms with Gasteiger partial charge < -0.3 is 5.73 Å². The maximum absolute atomic E-state index is 6.00. The van der Waals surface area contributed by atoms with Gasteiger partial charge in [0.15, 0.2) is 0 Å². The van der Waals surface area contributed by atoms with E-state index in [1.807, 2.05) is 6.07 Å². The molecule has 0 amide bonds. The van der Waals surface area contributed by atoms with Crippen molar-refractivity contribution in [1.82, 2.24) is 0 Å². The monoisotopic (exact) mass is 223 g/mol. The first-order valence-electron chi connectivity index (χ1n) is 5.66. The molecule has 2 heteroatoms. The van der Waals surface area contributed by atoms with Gasteiger partial charge in [0.2, 0.25) is 0 Å². The molecule has 2 N–H and O–H groups in total. The van der Waals surface area contributed by atoms with E-state index in [4.69, 9.17) is 17.3 Å². The Morgan fingerprint density at radius 3 is 2.80 bits per heavy atom. The van der Waals surface area contributed by atoms with E-state index in [1.165, 1.54) is 30.4 Å². The predicted octanol–water partition coefficient (Wildman–Crippen LogP) is 3.32. The molecule has 1 aliphatic rings. The quantitative estimate of drug-likeness (QED) is 0.818. The molecule has 2 rings (SSSR count). The van der Waals surface area contributed by atoms with Gasteiger partial charge in [0.05, 0.1) is 0 Å². The van der Waals surface area contributed by atoms with Crippen LogP contribution in [0.2, 0.25) is 5.02 Å². The maximum Gasteiger partial charge on any atom is 0.0435 e. The molecule has 1 aliphatic carbocycles. The predicted molar refractivity (Wildman–Crippen MR) is 65.2 cm³/mol. The third-order valence-corrected chi connectivity index (χ3v) is 3.75. The first kappa shape index (κ1) is 11.0. The lowest BCUT2D eigenvalue weighted by Crippen LogP contribution is -2.15. The van der Waals surface area contributed by atoms with Crippen molar-refractivity contribution in [2.45, 2.75) is 38.6 Å². The molecule has 82 valence electrons. The van der Waals surface area contributed by atoms with Crippen molar-refractivity contribution in [2.75, 3.05) is 0 Å². The number of hydrogen-bond acceptors (Lipinski definition) is 1. The van der Waals surface area contributed by atoms with Gasteiger partial charge in [-0.1, -0.05) is 23.7 Å². The van der Waals surface area contributed by atoms with Gasteiger partial charge in [-0.15, -0.1) is 0 Å². The van der Waals surface area contributed by atoms with Gasteiger partial charge in [-0.05, 0) is 55.7 Å². The summed E-state index contributed by atoms with van der Waals surface area (Å²) >= 11 is 6.00. The van der Waals surface area contributed by atoms with E-state index in [-0.39, 0.29) is 0 Å². The summed E-state index contributed by atoms with van der Waals surface area (Å²) in [6.07, 6.45) is 4.81. The summed E-state index contributed by atoms with van der Waals surface area (Å²) < 4.78 is 0. The van der Waals surface area contributed by atoms with E-state index in [9.17, 15) is 0 Å². The van der Waals surface area contributed by atoms with E-state index < -0.39 is 0 Å². The highest BCUT2D eigenvalue weighted by atomic mass is 35.5. The first-order chi connectivity index (χ1) is 7.15. The second kappa shape index (κ2) is 4.54. The molecule has 0 aromatic heterocycles. The Kier molecular flexibility index (Phi) is 3.32. The third-order valence-electron chi connectivity index (χ3n) is 3.33. The fourth-order valence-corrected chi connectivity index (χ4v) is 2.58.